The van der Waals surface area contributed by atoms with Crippen LogP contribution in [0, 0.1) is 0 Å². The number of amides is 1. The highest BCUT2D eigenvalue weighted by molar-refractivity contribution is 5.96. The van der Waals surface area contributed by atoms with Crippen LogP contribution in [0.4, 0.5) is 5.69 Å². The fraction of sp³-hybridized carbons (Fsp3) is 0.533. The van der Waals surface area contributed by atoms with E-state index in [2.05, 4.69) is 9.88 Å². The Bertz CT molecular complexity index is 555. The van der Waals surface area contributed by atoms with E-state index in [0.29, 0.717) is 18.7 Å². The summed E-state index contributed by atoms with van der Waals surface area (Å²) in [6, 6.07) is 2.97. The van der Waals surface area contributed by atoms with Gasteiger partial charge in [0.05, 0.1) is 0 Å². The van der Waals surface area contributed by atoms with Gasteiger partial charge in [0.15, 0.2) is 0 Å². The molecule has 0 spiro atoms. The van der Waals surface area contributed by atoms with E-state index in [9.17, 15) is 14.7 Å². The van der Waals surface area contributed by atoms with E-state index in [-0.39, 0.29) is 5.91 Å². The first-order valence-electron chi connectivity index (χ1n) is 7.41. The molecule has 3 heterocycles. The standard InChI is InChI=1S/C15H19N3O3/c19-14(18-9-3-4-13(18)15(20)21)12-10-11(5-6-16-12)17-7-1-2-8-17/h5-6,10,13H,1-4,7-9H2,(H,20,21). The third-order valence-electron chi connectivity index (χ3n) is 4.23. The van der Waals surface area contributed by atoms with Crippen molar-refractivity contribution in [1.82, 2.24) is 9.88 Å². The average molecular weight is 289 g/mol. The summed E-state index contributed by atoms with van der Waals surface area (Å²) in [7, 11) is 0. The molecule has 2 fully saturated rings. The molecule has 1 unspecified atom stereocenters. The number of aliphatic carboxylic acids is 1. The third kappa shape index (κ3) is 2.70. The summed E-state index contributed by atoms with van der Waals surface area (Å²) in [5, 5.41) is 9.18. The molecule has 1 aromatic heterocycles. The number of rotatable bonds is 3. The number of carboxylic acids is 1. The van der Waals surface area contributed by atoms with Crippen LogP contribution in [0.1, 0.15) is 36.2 Å². The Morgan fingerprint density at radius 1 is 1.19 bits per heavy atom. The molecule has 0 bridgehead atoms. The molecular formula is C15H19N3O3. The Kier molecular flexibility index (Phi) is 3.77. The molecule has 6 heteroatoms. The zero-order valence-corrected chi connectivity index (χ0v) is 11.9. The summed E-state index contributed by atoms with van der Waals surface area (Å²) < 4.78 is 0. The molecule has 2 saturated heterocycles. The van der Waals surface area contributed by atoms with Gasteiger partial charge in [-0.1, -0.05) is 0 Å². The van der Waals surface area contributed by atoms with E-state index in [1.165, 1.54) is 17.7 Å². The highest BCUT2D eigenvalue weighted by atomic mass is 16.4. The molecule has 1 N–H and O–H groups in total. The van der Waals surface area contributed by atoms with Crippen LogP contribution < -0.4 is 4.90 Å². The monoisotopic (exact) mass is 289 g/mol. The molecule has 1 amide bonds. The van der Waals surface area contributed by atoms with Gasteiger partial charge in [0.25, 0.3) is 5.91 Å². The molecule has 2 aliphatic heterocycles. The van der Waals surface area contributed by atoms with Crippen LogP contribution in [0.3, 0.4) is 0 Å². The second-order valence-electron chi connectivity index (χ2n) is 5.59. The van der Waals surface area contributed by atoms with Crippen molar-refractivity contribution in [3.63, 3.8) is 0 Å². The van der Waals surface area contributed by atoms with E-state index < -0.39 is 12.0 Å². The summed E-state index contributed by atoms with van der Waals surface area (Å²) in [6.45, 7) is 2.49. The third-order valence-corrected chi connectivity index (χ3v) is 4.23. The lowest BCUT2D eigenvalue weighted by molar-refractivity contribution is -0.141. The highest BCUT2D eigenvalue weighted by Gasteiger charge is 2.35. The molecule has 0 saturated carbocycles. The van der Waals surface area contributed by atoms with Crippen LogP contribution in [0.25, 0.3) is 0 Å². The minimum atomic E-state index is -0.934. The SMILES string of the molecule is O=C(O)C1CCCN1C(=O)c1cc(N2CCCC2)ccn1. The molecule has 1 atom stereocenters. The number of carboxylic acid groups (broad SMARTS) is 1. The largest absolute Gasteiger partial charge is 0.480 e. The second kappa shape index (κ2) is 5.71. The lowest BCUT2D eigenvalue weighted by atomic mass is 10.2. The first-order chi connectivity index (χ1) is 10.2. The topological polar surface area (TPSA) is 73.7 Å². The van der Waals surface area contributed by atoms with E-state index in [4.69, 9.17) is 0 Å². The lowest BCUT2D eigenvalue weighted by Gasteiger charge is -2.22. The molecule has 0 radical (unpaired) electrons. The van der Waals surface area contributed by atoms with Crippen molar-refractivity contribution >= 4 is 17.6 Å². The number of carbonyl (C=O) groups is 2. The Morgan fingerprint density at radius 3 is 2.67 bits per heavy atom. The number of likely N-dealkylation sites (tertiary alicyclic amines) is 1. The van der Waals surface area contributed by atoms with Gasteiger partial charge in [-0.15, -0.1) is 0 Å². The zero-order valence-electron chi connectivity index (χ0n) is 11.9. The van der Waals surface area contributed by atoms with Crippen molar-refractivity contribution in [3.8, 4) is 0 Å². The molecule has 21 heavy (non-hydrogen) atoms. The molecule has 0 aliphatic carbocycles. The quantitative estimate of drug-likeness (QED) is 0.909. The van der Waals surface area contributed by atoms with Crippen molar-refractivity contribution in [2.75, 3.05) is 24.5 Å². The molecule has 1 aromatic rings. The average Bonchev–Trinajstić information content (AvgIpc) is 3.17. The number of hydrogen-bond acceptors (Lipinski definition) is 4. The molecule has 2 aliphatic rings. The number of hydrogen-bond donors (Lipinski definition) is 1. The maximum Gasteiger partial charge on any atom is 0.326 e. The minimum absolute atomic E-state index is 0.277. The minimum Gasteiger partial charge on any atom is -0.480 e. The van der Waals surface area contributed by atoms with Gasteiger partial charge < -0.3 is 14.9 Å². The number of anilines is 1. The van der Waals surface area contributed by atoms with Crippen LogP contribution in [-0.2, 0) is 4.79 Å². The molecular weight excluding hydrogens is 270 g/mol. The Hall–Kier alpha value is -2.11. The second-order valence-corrected chi connectivity index (χ2v) is 5.59. The zero-order chi connectivity index (χ0) is 14.8. The summed E-state index contributed by atoms with van der Waals surface area (Å²) in [5.74, 6) is -1.21. The summed E-state index contributed by atoms with van der Waals surface area (Å²) >= 11 is 0. The van der Waals surface area contributed by atoms with Crippen LogP contribution in [0.2, 0.25) is 0 Å². The number of aromatic nitrogens is 1. The normalized spacial score (nSPS) is 21.8. The van der Waals surface area contributed by atoms with Gasteiger partial charge in [0.2, 0.25) is 0 Å². The van der Waals surface area contributed by atoms with Gasteiger partial charge in [0, 0.05) is 31.5 Å². The van der Waals surface area contributed by atoms with Crippen LogP contribution >= 0.6 is 0 Å². The van der Waals surface area contributed by atoms with Crippen LogP contribution in [0.15, 0.2) is 18.3 Å². The first kappa shape index (κ1) is 13.9. The summed E-state index contributed by atoms with van der Waals surface area (Å²) in [6.07, 6.45) is 5.21. The van der Waals surface area contributed by atoms with E-state index in [1.807, 2.05) is 6.07 Å². The van der Waals surface area contributed by atoms with Crippen molar-refractivity contribution in [2.45, 2.75) is 31.7 Å². The highest BCUT2D eigenvalue weighted by Crippen LogP contribution is 2.23. The van der Waals surface area contributed by atoms with Crippen molar-refractivity contribution in [1.29, 1.82) is 0 Å². The van der Waals surface area contributed by atoms with Gasteiger partial charge >= 0.3 is 5.97 Å². The fourth-order valence-corrected chi connectivity index (χ4v) is 3.12. The van der Waals surface area contributed by atoms with Gasteiger partial charge in [-0.2, -0.15) is 0 Å². The Balaban J connectivity index is 1.81. The number of carbonyl (C=O) groups excluding carboxylic acids is 1. The molecule has 112 valence electrons. The predicted molar refractivity (Wildman–Crippen MR) is 77.4 cm³/mol. The summed E-state index contributed by atoms with van der Waals surface area (Å²) in [4.78, 5) is 31.5. The van der Waals surface area contributed by atoms with E-state index >= 15 is 0 Å². The van der Waals surface area contributed by atoms with Crippen LogP contribution in [0.5, 0.6) is 0 Å². The van der Waals surface area contributed by atoms with Gasteiger partial charge in [0.1, 0.15) is 11.7 Å². The Morgan fingerprint density at radius 2 is 1.95 bits per heavy atom. The maximum absolute atomic E-state index is 12.5. The number of pyridine rings is 1. The van der Waals surface area contributed by atoms with Crippen molar-refractivity contribution in [3.05, 3.63) is 24.0 Å². The van der Waals surface area contributed by atoms with E-state index in [1.54, 1.807) is 12.3 Å². The predicted octanol–water partition coefficient (Wildman–Crippen LogP) is 1.37. The maximum atomic E-state index is 12.5. The van der Waals surface area contributed by atoms with Crippen molar-refractivity contribution < 1.29 is 14.7 Å². The lowest BCUT2D eigenvalue weighted by Crippen LogP contribution is -2.40. The first-order valence-corrected chi connectivity index (χ1v) is 7.41. The van der Waals surface area contributed by atoms with Gasteiger partial charge in [-0.3, -0.25) is 9.78 Å². The number of nitrogens with zero attached hydrogens (tertiary/aromatic N) is 3. The fourth-order valence-electron chi connectivity index (χ4n) is 3.12. The smallest absolute Gasteiger partial charge is 0.326 e. The summed E-state index contributed by atoms with van der Waals surface area (Å²) in [5.41, 5.74) is 1.34. The van der Waals surface area contributed by atoms with Crippen molar-refractivity contribution in [2.24, 2.45) is 0 Å². The molecule has 6 nitrogen and oxygen atoms in total. The molecule has 3 rings (SSSR count). The van der Waals surface area contributed by atoms with Crippen LogP contribution in [-0.4, -0.2) is 52.5 Å². The van der Waals surface area contributed by atoms with Gasteiger partial charge in [-0.25, -0.2) is 4.79 Å². The van der Waals surface area contributed by atoms with Gasteiger partial charge in [-0.05, 0) is 37.8 Å². The van der Waals surface area contributed by atoms with E-state index in [0.717, 1.165) is 25.2 Å². The molecule has 0 aromatic carbocycles. The Labute approximate surface area is 123 Å².